The van der Waals surface area contributed by atoms with Crippen molar-refractivity contribution in [3.05, 3.63) is 0 Å². The molecule has 21 heavy (non-hydrogen) atoms. The zero-order chi connectivity index (χ0) is 16.0. The van der Waals surface area contributed by atoms with Gasteiger partial charge in [0, 0.05) is 25.6 Å². The van der Waals surface area contributed by atoms with Gasteiger partial charge in [-0.3, -0.25) is 4.79 Å². The van der Waals surface area contributed by atoms with Crippen LogP contribution >= 0.6 is 0 Å². The van der Waals surface area contributed by atoms with Crippen LogP contribution in [-0.4, -0.2) is 42.9 Å². The molecule has 2 atom stereocenters. The van der Waals surface area contributed by atoms with Gasteiger partial charge in [-0.1, -0.05) is 20.3 Å². The fraction of sp³-hybridized carbons (Fsp3) is 0.929. The first-order valence-electron chi connectivity index (χ1n) is 7.70. The van der Waals surface area contributed by atoms with E-state index < -0.39 is 16.2 Å². The number of rotatable bonds is 8. The van der Waals surface area contributed by atoms with Crippen molar-refractivity contribution < 1.29 is 18.3 Å². The van der Waals surface area contributed by atoms with Gasteiger partial charge >= 0.3 is 5.97 Å². The second-order valence-corrected chi connectivity index (χ2v) is 8.11. The summed E-state index contributed by atoms with van der Waals surface area (Å²) in [4.78, 5) is 10.9. The third-order valence-electron chi connectivity index (χ3n) is 3.87. The molecule has 1 saturated heterocycles. The van der Waals surface area contributed by atoms with E-state index in [0.717, 1.165) is 19.3 Å². The number of hydrogen-bond donors (Lipinski definition) is 2. The van der Waals surface area contributed by atoms with Gasteiger partial charge in [0.15, 0.2) is 0 Å². The van der Waals surface area contributed by atoms with E-state index in [0.29, 0.717) is 18.9 Å². The molecule has 0 radical (unpaired) electrons. The number of aliphatic carboxylic acids is 1. The van der Waals surface area contributed by atoms with Crippen molar-refractivity contribution in [1.82, 2.24) is 9.03 Å². The molecule has 0 aromatic carbocycles. The largest absolute Gasteiger partial charge is 0.481 e. The number of carbonyl (C=O) groups is 1. The first-order valence-corrected chi connectivity index (χ1v) is 9.14. The second kappa shape index (κ2) is 8.10. The Balaban J connectivity index is 2.61. The summed E-state index contributed by atoms with van der Waals surface area (Å²) in [5.74, 6) is -0.712. The van der Waals surface area contributed by atoms with Crippen LogP contribution in [0.3, 0.4) is 0 Å². The van der Waals surface area contributed by atoms with Crippen LogP contribution in [0, 0.1) is 11.8 Å². The Morgan fingerprint density at radius 2 is 2.05 bits per heavy atom. The van der Waals surface area contributed by atoms with E-state index in [2.05, 4.69) is 4.72 Å². The lowest BCUT2D eigenvalue weighted by Crippen LogP contribution is -2.49. The molecule has 124 valence electrons. The highest BCUT2D eigenvalue weighted by molar-refractivity contribution is 7.87. The minimum absolute atomic E-state index is 0.00372. The predicted molar refractivity (Wildman–Crippen MR) is 82.1 cm³/mol. The summed E-state index contributed by atoms with van der Waals surface area (Å²) in [5.41, 5.74) is 0. The Morgan fingerprint density at radius 1 is 1.38 bits per heavy atom. The first-order chi connectivity index (χ1) is 9.72. The lowest BCUT2D eigenvalue weighted by atomic mass is 9.94. The molecule has 7 heteroatoms. The topological polar surface area (TPSA) is 86.7 Å². The van der Waals surface area contributed by atoms with Crippen molar-refractivity contribution >= 4 is 16.2 Å². The maximum absolute atomic E-state index is 12.3. The van der Waals surface area contributed by atoms with Crippen molar-refractivity contribution in [2.45, 2.75) is 58.9 Å². The fourth-order valence-electron chi connectivity index (χ4n) is 2.89. The SMILES string of the molecule is CC(C)C[C@H](CNS(=O)(=O)N1CCCCC1C)CC(=O)O. The molecule has 1 rings (SSSR count). The minimum atomic E-state index is -3.51. The molecular formula is C14H28N2O4S. The maximum atomic E-state index is 12.3. The third kappa shape index (κ3) is 6.32. The van der Waals surface area contributed by atoms with Crippen LogP contribution in [0.25, 0.3) is 0 Å². The van der Waals surface area contributed by atoms with Gasteiger partial charge in [0.05, 0.1) is 0 Å². The number of nitrogens with one attached hydrogen (secondary N) is 1. The van der Waals surface area contributed by atoms with Crippen LogP contribution in [-0.2, 0) is 15.0 Å². The van der Waals surface area contributed by atoms with Crippen LogP contribution in [0.4, 0.5) is 0 Å². The van der Waals surface area contributed by atoms with Crippen LogP contribution in [0.15, 0.2) is 0 Å². The van der Waals surface area contributed by atoms with Crippen LogP contribution in [0.5, 0.6) is 0 Å². The monoisotopic (exact) mass is 320 g/mol. The molecule has 1 fully saturated rings. The molecule has 0 aromatic rings. The van der Waals surface area contributed by atoms with E-state index in [-0.39, 0.29) is 24.9 Å². The van der Waals surface area contributed by atoms with Gasteiger partial charge in [-0.15, -0.1) is 0 Å². The van der Waals surface area contributed by atoms with Crippen molar-refractivity contribution in [3.8, 4) is 0 Å². The third-order valence-corrected chi connectivity index (χ3v) is 5.56. The van der Waals surface area contributed by atoms with Crippen molar-refractivity contribution in [2.24, 2.45) is 11.8 Å². The lowest BCUT2D eigenvalue weighted by molar-refractivity contribution is -0.138. The second-order valence-electron chi connectivity index (χ2n) is 6.40. The predicted octanol–water partition coefficient (Wildman–Crippen LogP) is 1.83. The Morgan fingerprint density at radius 3 is 2.57 bits per heavy atom. The van der Waals surface area contributed by atoms with E-state index in [4.69, 9.17) is 5.11 Å². The minimum Gasteiger partial charge on any atom is -0.481 e. The van der Waals surface area contributed by atoms with Gasteiger partial charge < -0.3 is 5.11 Å². The summed E-state index contributed by atoms with van der Waals surface area (Å²) in [6.07, 6.45) is 3.52. The molecule has 1 unspecified atom stereocenters. The molecule has 0 aromatic heterocycles. The smallest absolute Gasteiger partial charge is 0.303 e. The number of carboxylic acid groups (broad SMARTS) is 1. The number of piperidine rings is 1. The average Bonchev–Trinajstić information content (AvgIpc) is 2.35. The van der Waals surface area contributed by atoms with E-state index >= 15 is 0 Å². The van der Waals surface area contributed by atoms with Crippen LogP contribution < -0.4 is 4.72 Å². The molecule has 1 aliphatic heterocycles. The standard InChI is InChI=1S/C14H28N2O4S/c1-11(2)8-13(9-14(17)18)10-15-21(19,20)16-7-5-4-6-12(16)3/h11-13,15H,4-10H2,1-3H3,(H,17,18)/t12?,13-/m0/s1. The van der Waals surface area contributed by atoms with E-state index in [9.17, 15) is 13.2 Å². The van der Waals surface area contributed by atoms with Gasteiger partial charge in [-0.2, -0.15) is 12.7 Å². The molecule has 0 aliphatic carbocycles. The maximum Gasteiger partial charge on any atom is 0.303 e. The Hall–Kier alpha value is -0.660. The molecule has 0 saturated carbocycles. The zero-order valence-electron chi connectivity index (χ0n) is 13.2. The van der Waals surface area contributed by atoms with Gasteiger partial charge in [-0.05, 0) is 38.0 Å². The van der Waals surface area contributed by atoms with Crippen molar-refractivity contribution in [3.63, 3.8) is 0 Å². The van der Waals surface area contributed by atoms with Gasteiger partial charge in [0.1, 0.15) is 0 Å². The summed E-state index contributed by atoms with van der Waals surface area (Å²) < 4.78 is 28.8. The molecule has 0 bridgehead atoms. The number of hydrogen-bond acceptors (Lipinski definition) is 3. The normalized spacial score (nSPS) is 22.4. The quantitative estimate of drug-likeness (QED) is 0.714. The van der Waals surface area contributed by atoms with Crippen molar-refractivity contribution in [2.75, 3.05) is 13.1 Å². The molecule has 2 N–H and O–H groups in total. The highest BCUT2D eigenvalue weighted by Crippen LogP contribution is 2.20. The average molecular weight is 320 g/mol. The van der Waals surface area contributed by atoms with Gasteiger partial charge in [-0.25, -0.2) is 4.72 Å². The molecule has 0 amide bonds. The van der Waals surface area contributed by atoms with Crippen LogP contribution in [0.1, 0.15) is 52.9 Å². The zero-order valence-corrected chi connectivity index (χ0v) is 14.0. The molecular weight excluding hydrogens is 292 g/mol. The van der Waals surface area contributed by atoms with Gasteiger partial charge in [0.25, 0.3) is 10.2 Å². The summed E-state index contributed by atoms with van der Waals surface area (Å²) >= 11 is 0. The summed E-state index contributed by atoms with van der Waals surface area (Å²) in [5, 5.41) is 8.93. The molecule has 0 spiro atoms. The fourth-order valence-corrected chi connectivity index (χ4v) is 4.45. The highest BCUT2D eigenvalue weighted by Gasteiger charge is 2.30. The van der Waals surface area contributed by atoms with E-state index in [1.807, 2.05) is 20.8 Å². The first kappa shape index (κ1) is 18.4. The Labute approximate surface area is 128 Å². The summed E-state index contributed by atoms with van der Waals surface area (Å²) in [6.45, 7) is 6.67. The van der Waals surface area contributed by atoms with Crippen molar-refractivity contribution in [1.29, 1.82) is 0 Å². The summed E-state index contributed by atoms with van der Waals surface area (Å²) in [6, 6.07) is 0.0132. The lowest BCUT2D eigenvalue weighted by Gasteiger charge is -2.32. The van der Waals surface area contributed by atoms with Gasteiger partial charge in [0.2, 0.25) is 0 Å². The number of carboxylic acids is 1. The number of nitrogens with zero attached hydrogens (tertiary/aromatic N) is 1. The highest BCUT2D eigenvalue weighted by atomic mass is 32.2. The molecule has 6 nitrogen and oxygen atoms in total. The van der Waals surface area contributed by atoms with E-state index in [1.54, 1.807) is 0 Å². The van der Waals surface area contributed by atoms with E-state index in [1.165, 1.54) is 4.31 Å². The van der Waals surface area contributed by atoms with Crippen LogP contribution in [0.2, 0.25) is 0 Å². The Kier molecular flexibility index (Phi) is 7.09. The molecule has 1 heterocycles. The summed E-state index contributed by atoms with van der Waals surface area (Å²) in [7, 11) is -3.51. The Bertz CT molecular complexity index is 436. The molecule has 1 aliphatic rings.